The Morgan fingerprint density at radius 3 is 2.58 bits per heavy atom. The van der Waals surface area contributed by atoms with Gasteiger partial charge in [-0.3, -0.25) is 9.89 Å². The first-order valence-electron chi connectivity index (χ1n) is 9.52. The number of carbonyl (C=O) groups excluding carboxylic acids is 1. The summed E-state index contributed by atoms with van der Waals surface area (Å²) in [6.45, 7) is 1.19. The van der Waals surface area contributed by atoms with Crippen molar-refractivity contribution >= 4 is 17.3 Å². The largest absolute Gasteiger partial charge is 0.573 e. The van der Waals surface area contributed by atoms with Gasteiger partial charge in [0.1, 0.15) is 5.75 Å². The number of aliphatic hydroxyl groups excluding tert-OH is 1. The Kier molecular flexibility index (Phi) is 5.55. The summed E-state index contributed by atoms with van der Waals surface area (Å²) >= 11 is 0. The Bertz CT molecular complexity index is 1050. The van der Waals surface area contributed by atoms with Crippen LogP contribution >= 0.6 is 0 Å². The number of rotatable bonds is 5. The van der Waals surface area contributed by atoms with Crippen molar-refractivity contribution in [3.63, 3.8) is 0 Å². The van der Waals surface area contributed by atoms with E-state index in [0.29, 0.717) is 30.8 Å². The number of hydrogen-bond acceptors (Lipinski definition) is 5. The Labute approximate surface area is 175 Å². The van der Waals surface area contributed by atoms with Crippen LogP contribution in [-0.4, -0.2) is 46.8 Å². The van der Waals surface area contributed by atoms with Crippen LogP contribution in [0.5, 0.6) is 5.75 Å². The van der Waals surface area contributed by atoms with Gasteiger partial charge >= 0.3 is 6.36 Å². The highest BCUT2D eigenvalue weighted by Gasteiger charge is 2.31. The van der Waals surface area contributed by atoms with Gasteiger partial charge in [0.2, 0.25) is 0 Å². The van der Waals surface area contributed by atoms with Gasteiger partial charge in [0, 0.05) is 41.8 Å². The number of aromatic nitrogens is 2. The second-order valence-electron chi connectivity index (χ2n) is 7.12. The highest BCUT2D eigenvalue weighted by molar-refractivity contribution is 6.05. The lowest BCUT2D eigenvalue weighted by Crippen LogP contribution is -2.22. The van der Waals surface area contributed by atoms with E-state index in [9.17, 15) is 23.1 Å². The van der Waals surface area contributed by atoms with Crippen molar-refractivity contribution in [2.45, 2.75) is 18.9 Å². The number of H-pyrrole nitrogens is 1. The first kappa shape index (κ1) is 20.7. The number of nitrogens with one attached hydrogen (secondary N) is 2. The average molecular weight is 432 g/mol. The number of aromatic amines is 1. The minimum Gasteiger partial charge on any atom is -0.406 e. The molecule has 7 nitrogen and oxygen atoms in total. The second kappa shape index (κ2) is 8.31. The molecule has 1 fully saturated rings. The van der Waals surface area contributed by atoms with Crippen LogP contribution in [0.1, 0.15) is 16.8 Å². The first-order chi connectivity index (χ1) is 14.8. The summed E-state index contributed by atoms with van der Waals surface area (Å²) in [4.78, 5) is 14.8. The molecule has 4 rings (SSSR count). The van der Waals surface area contributed by atoms with Gasteiger partial charge in [-0.2, -0.15) is 5.10 Å². The van der Waals surface area contributed by atoms with Gasteiger partial charge in [0.25, 0.3) is 5.91 Å². The first-order valence-corrected chi connectivity index (χ1v) is 9.52. The zero-order valence-electron chi connectivity index (χ0n) is 16.2. The quantitative estimate of drug-likeness (QED) is 0.571. The van der Waals surface area contributed by atoms with E-state index in [1.54, 1.807) is 24.4 Å². The molecule has 3 N–H and O–H groups in total. The zero-order chi connectivity index (χ0) is 22.0. The topological polar surface area (TPSA) is 90.5 Å². The minimum absolute atomic E-state index is 0.328. The summed E-state index contributed by atoms with van der Waals surface area (Å²) < 4.78 is 40.7. The number of alkyl halides is 3. The molecule has 0 aliphatic carbocycles. The third-order valence-corrected chi connectivity index (χ3v) is 4.90. The molecule has 1 saturated heterocycles. The molecule has 162 valence electrons. The molecule has 31 heavy (non-hydrogen) atoms. The molecule has 1 aliphatic rings. The summed E-state index contributed by atoms with van der Waals surface area (Å²) in [6, 6.07) is 11.9. The molecule has 10 heteroatoms. The van der Waals surface area contributed by atoms with Crippen LogP contribution in [-0.2, 0) is 0 Å². The number of hydrogen-bond donors (Lipinski definition) is 3. The molecular formula is C21H19F3N4O3. The Hall–Kier alpha value is -3.53. The maximum absolute atomic E-state index is 12.7. The van der Waals surface area contributed by atoms with Gasteiger partial charge in [0.05, 0.1) is 11.8 Å². The molecule has 2 heterocycles. The average Bonchev–Trinajstić information content (AvgIpc) is 3.40. The molecule has 0 radical (unpaired) electrons. The molecule has 0 unspecified atom stereocenters. The smallest absolute Gasteiger partial charge is 0.406 e. The van der Waals surface area contributed by atoms with Crippen molar-refractivity contribution in [2.75, 3.05) is 23.3 Å². The zero-order valence-corrected chi connectivity index (χ0v) is 16.2. The van der Waals surface area contributed by atoms with E-state index in [4.69, 9.17) is 0 Å². The van der Waals surface area contributed by atoms with Gasteiger partial charge in [-0.1, -0.05) is 0 Å². The third-order valence-electron chi connectivity index (χ3n) is 4.90. The number of nitrogens with zero attached hydrogens (tertiary/aromatic N) is 2. The molecule has 1 amide bonds. The second-order valence-corrected chi connectivity index (χ2v) is 7.12. The lowest BCUT2D eigenvalue weighted by atomic mass is 10.0. The van der Waals surface area contributed by atoms with Crippen LogP contribution in [0.4, 0.5) is 24.5 Å². The SMILES string of the molecule is O=C(Nc1ccc(OC(F)(F)F)cc1)c1ccc(N2CC[C@@H](O)C2)c(-c2ccn[nH]2)c1. The fourth-order valence-electron chi connectivity index (χ4n) is 3.48. The number of anilines is 2. The molecule has 0 spiro atoms. The number of ether oxygens (including phenoxy) is 1. The lowest BCUT2D eigenvalue weighted by molar-refractivity contribution is -0.274. The molecular weight excluding hydrogens is 413 g/mol. The number of β-amino-alcohol motifs (C(OH)–C–C–N with tert-alkyl or cyclic N) is 1. The van der Waals surface area contributed by atoms with Crippen molar-refractivity contribution in [3.05, 3.63) is 60.3 Å². The summed E-state index contributed by atoms with van der Waals surface area (Å²) in [5.41, 5.74) is 3.04. The number of benzene rings is 2. The Morgan fingerprint density at radius 1 is 1.19 bits per heavy atom. The summed E-state index contributed by atoms with van der Waals surface area (Å²) in [5, 5.41) is 19.4. The van der Waals surface area contributed by atoms with Gasteiger partial charge in [0.15, 0.2) is 0 Å². The van der Waals surface area contributed by atoms with Crippen LogP contribution < -0.4 is 15.0 Å². The molecule has 0 bridgehead atoms. The fraction of sp³-hybridized carbons (Fsp3) is 0.238. The normalized spacial score (nSPS) is 16.4. The van der Waals surface area contributed by atoms with Crippen LogP contribution in [0.15, 0.2) is 54.7 Å². The molecule has 1 aromatic heterocycles. The predicted molar refractivity (Wildman–Crippen MR) is 108 cm³/mol. The third kappa shape index (κ3) is 4.97. The van der Waals surface area contributed by atoms with Crippen molar-refractivity contribution in [2.24, 2.45) is 0 Å². The van der Waals surface area contributed by atoms with Crippen LogP contribution in [0.2, 0.25) is 0 Å². The van der Waals surface area contributed by atoms with Crippen LogP contribution in [0.25, 0.3) is 11.3 Å². The fourth-order valence-corrected chi connectivity index (χ4v) is 3.48. The highest BCUT2D eigenvalue weighted by Crippen LogP contribution is 2.33. The van der Waals surface area contributed by atoms with Crippen molar-refractivity contribution in [1.82, 2.24) is 10.2 Å². The number of aliphatic hydroxyl groups is 1. The van der Waals surface area contributed by atoms with E-state index in [2.05, 4.69) is 20.3 Å². The van der Waals surface area contributed by atoms with Gasteiger partial charge in [-0.15, -0.1) is 13.2 Å². The number of carbonyl (C=O) groups is 1. The van der Waals surface area contributed by atoms with Gasteiger partial charge < -0.3 is 20.1 Å². The summed E-state index contributed by atoms with van der Waals surface area (Å²) in [7, 11) is 0. The number of halogens is 3. The van der Waals surface area contributed by atoms with E-state index in [0.717, 1.165) is 29.1 Å². The van der Waals surface area contributed by atoms with Crippen LogP contribution in [0, 0.1) is 0 Å². The molecule has 1 aliphatic heterocycles. The highest BCUT2D eigenvalue weighted by atomic mass is 19.4. The van der Waals surface area contributed by atoms with E-state index in [1.807, 2.05) is 11.0 Å². The minimum atomic E-state index is -4.78. The monoisotopic (exact) mass is 432 g/mol. The van der Waals surface area contributed by atoms with Crippen molar-refractivity contribution < 1.29 is 27.8 Å². The number of amides is 1. The standard InChI is InChI=1S/C21H19F3N4O3/c22-21(23,24)31-16-4-2-14(3-5-16)26-20(30)13-1-6-19(28-10-8-15(29)12-28)17(11-13)18-7-9-25-27-18/h1-7,9,11,15,29H,8,10,12H2,(H,25,27)(H,26,30)/t15-/m1/s1. The maximum Gasteiger partial charge on any atom is 0.573 e. The Morgan fingerprint density at radius 2 is 1.97 bits per heavy atom. The van der Waals surface area contributed by atoms with Crippen LogP contribution in [0.3, 0.4) is 0 Å². The predicted octanol–water partition coefficient (Wildman–Crippen LogP) is 3.80. The summed E-state index contributed by atoms with van der Waals surface area (Å²) in [6.07, 6.45) is -2.91. The lowest BCUT2D eigenvalue weighted by Gasteiger charge is -2.22. The molecule has 1 atom stereocenters. The van der Waals surface area contributed by atoms with E-state index >= 15 is 0 Å². The van der Waals surface area contributed by atoms with Gasteiger partial charge in [-0.05, 0) is 55.0 Å². The van der Waals surface area contributed by atoms with Gasteiger partial charge in [-0.25, -0.2) is 0 Å². The molecule has 3 aromatic rings. The van der Waals surface area contributed by atoms with Crippen molar-refractivity contribution in [3.8, 4) is 17.0 Å². The van der Waals surface area contributed by atoms with E-state index < -0.39 is 18.4 Å². The van der Waals surface area contributed by atoms with E-state index in [-0.39, 0.29) is 5.75 Å². The van der Waals surface area contributed by atoms with E-state index in [1.165, 1.54) is 12.1 Å². The summed E-state index contributed by atoms with van der Waals surface area (Å²) in [5.74, 6) is -0.789. The molecule has 2 aromatic carbocycles. The maximum atomic E-state index is 12.7. The Balaban J connectivity index is 1.55. The van der Waals surface area contributed by atoms with Crippen molar-refractivity contribution in [1.29, 1.82) is 0 Å². The molecule has 0 saturated carbocycles.